The minimum Gasteiger partial charge on any atom is -0.496 e. The zero-order valence-electron chi connectivity index (χ0n) is 16.2. The van der Waals surface area contributed by atoms with Crippen molar-refractivity contribution in [1.82, 2.24) is 10.6 Å². The van der Waals surface area contributed by atoms with Gasteiger partial charge in [0.1, 0.15) is 5.75 Å². The molecule has 2 aromatic carbocycles. The van der Waals surface area contributed by atoms with Gasteiger partial charge in [0.2, 0.25) is 5.91 Å². The Morgan fingerprint density at radius 2 is 1.63 bits per heavy atom. The number of rotatable bonds is 9. The number of hydrogen-bond acceptors (Lipinski definition) is 3. The zero-order valence-corrected chi connectivity index (χ0v) is 16.2. The predicted octanol–water partition coefficient (Wildman–Crippen LogP) is 3.37. The first kappa shape index (κ1) is 20.5. The summed E-state index contributed by atoms with van der Waals surface area (Å²) in [6, 6.07) is 17.2. The maximum absolute atomic E-state index is 12.2. The third kappa shape index (κ3) is 6.13. The molecule has 0 aliphatic rings. The molecule has 0 aromatic heterocycles. The number of methoxy groups -OCH3 is 1. The summed E-state index contributed by atoms with van der Waals surface area (Å²) < 4.78 is 5.18. The Balaban J connectivity index is 1.79. The molecule has 27 heavy (non-hydrogen) atoms. The maximum Gasteiger partial charge on any atom is 0.255 e. The zero-order chi connectivity index (χ0) is 19.6. The van der Waals surface area contributed by atoms with Crippen LogP contribution in [0.2, 0.25) is 0 Å². The molecule has 2 aromatic rings. The predicted molar refractivity (Wildman–Crippen MR) is 107 cm³/mol. The van der Waals surface area contributed by atoms with E-state index in [4.69, 9.17) is 4.74 Å². The highest BCUT2D eigenvalue weighted by Gasteiger charge is 2.17. The molecule has 2 N–H and O–H groups in total. The quantitative estimate of drug-likeness (QED) is 0.713. The summed E-state index contributed by atoms with van der Waals surface area (Å²) in [5, 5.41) is 5.75. The van der Waals surface area contributed by atoms with Crippen molar-refractivity contribution in [2.45, 2.75) is 26.2 Å². The molecule has 5 heteroatoms. The monoisotopic (exact) mass is 368 g/mol. The van der Waals surface area contributed by atoms with Crippen LogP contribution in [0.3, 0.4) is 0 Å². The molecular weight excluding hydrogens is 340 g/mol. The highest BCUT2D eigenvalue weighted by atomic mass is 16.5. The minimum absolute atomic E-state index is 0.0723. The molecule has 144 valence electrons. The Bertz CT molecular complexity index is 744. The summed E-state index contributed by atoms with van der Waals surface area (Å²) in [6.45, 7) is 5.16. The average Bonchev–Trinajstić information content (AvgIpc) is 2.68. The highest BCUT2D eigenvalue weighted by molar-refractivity contribution is 5.97. The van der Waals surface area contributed by atoms with Crippen molar-refractivity contribution >= 4 is 11.8 Å². The van der Waals surface area contributed by atoms with E-state index in [1.54, 1.807) is 24.3 Å². The first-order valence-electron chi connectivity index (χ1n) is 9.25. The second-order valence-corrected chi connectivity index (χ2v) is 6.77. The van der Waals surface area contributed by atoms with Crippen LogP contribution in [0.4, 0.5) is 0 Å². The molecule has 1 unspecified atom stereocenters. The second kappa shape index (κ2) is 10.4. The number of carbonyl (C=O) groups excluding carboxylic acids is 2. The topological polar surface area (TPSA) is 67.4 Å². The smallest absolute Gasteiger partial charge is 0.255 e. The summed E-state index contributed by atoms with van der Waals surface area (Å²) in [4.78, 5) is 24.4. The van der Waals surface area contributed by atoms with Gasteiger partial charge in [-0.05, 0) is 23.6 Å². The van der Waals surface area contributed by atoms with Gasteiger partial charge in [-0.25, -0.2) is 0 Å². The van der Waals surface area contributed by atoms with E-state index in [9.17, 15) is 9.59 Å². The van der Waals surface area contributed by atoms with Gasteiger partial charge in [0, 0.05) is 25.4 Å². The molecular formula is C22H28N2O3. The average molecular weight is 368 g/mol. The standard InChI is InChI=1S/C22H28N2O3/c1-16(2)19(17-9-5-4-6-10-17)15-24-21(25)13-14-23-22(26)18-11-7-8-12-20(18)27-3/h4-12,16,19H,13-15H2,1-3H3,(H,23,26)(H,24,25). The van der Waals surface area contributed by atoms with Gasteiger partial charge in [-0.1, -0.05) is 56.3 Å². The van der Waals surface area contributed by atoms with Crippen LogP contribution < -0.4 is 15.4 Å². The van der Waals surface area contributed by atoms with Crippen molar-refractivity contribution < 1.29 is 14.3 Å². The summed E-state index contributed by atoms with van der Waals surface area (Å²) in [6.07, 6.45) is 0.237. The van der Waals surface area contributed by atoms with Crippen LogP contribution in [0, 0.1) is 5.92 Å². The van der Waals surface area contributed by atoms with Gasteiger partial charge in [0.15, 0.2) is 0 Å². The van der Waals surface area contributed by atoms with Crippen molar-refractivity contribution in [1.29, 1.82) is 0 Å². The summed E-state index contributed by atoms with van der Waals surface area (Å²) >= 11 is 0. The first-order valence-corrected chi connectivity index (χ1v) is 9.25. The molecule has 0 saturated heterocycles. The molecule has 0 aliphatic carbocycles. The molecule has 1 atom stereocenters. The highest BCUT2D eigenvalue weighted by Crippen LogP contribution is 2.23. The fourth-order valence-corrected chi connectivity index (χ4v) is 2.97. The number of ether oxygens (including phenoxy) is 1. The number of amides is 2. The Labute approximate surface area is 161 Å². The second-order valence-electron chi connectivity index (χ2n) is 6.77. The molecule has 0 heterocycles. The van der Waals surface area contributed by atoms with E-state index in [-0.39, 0.29) is 30.7 Å². The van der Waals surface area contributed by atoms with E-state index in [1.165, 1.54) is 12.7 Å². The normalized spacial score (nSPS) is 11.7. The third-order valence-electron chi connectivity index (χ3n) is 4.54. The number of carbonyl (C=O) groups is 2. The van der Waals surface area contributed by atoms with E-state index >= 15 is 0 Å². The van der Waals surface area contributed by atoms with Gasteiger partial charge in [0.25, 0.3) is 5.91 Å². The van der Waals surface area contributed by atoms with Crippen LogP contribution in [-0.4, -0.2) is 32.0 Å². The van der Waals surface area contributed by atoms with E-state index in [0.29, 0.717) is 23.8 Å². The lowest BCUT2D eigenvalue weighted by Gasteiger charge is -2.22. The number of benzene rings is 2. The van der Waals surface area contributed by atoms with Crippen molar-refractivity contribution in [3.05, 3.63) is 65.7 Å². The molecule has 0 bridgehead atoms. The fourth-order valence-electron chi connectivity index (χ4n) is 2.97. The Hall–Kier alpha value is -2.82. The Kier molecular flexibility index (Phi) is 7.86. The lowest BCUT2D eigenvalue weighted by Crippen LogP contribution is -2.33. The number of hydrogen-bond donors (Lipinski definition) is 2. The van der Waals surface area contributed by atoms with Crippen LogP contribution in [-0.2, 0) is 4.79 Å². The van der Waals surface area contributed by atoms with Gasteiger partial charge in [-0.15, -0.1) is 0 Å². The summed E-state index contributed by atoms with van der Waals surface area (Å²) in [5.74, 6) is 0.875. The van der Waals surface area contributed by atoms with Gasteiger partial charge in [-0.2, -0.15) is 0 Å². The molecule has 2 rings (SSSR count). The largest absolute Gasteiger partial charge is 0.496 e. The number of para-hydroxylation sites is 1. The molecule has 0 spiro atoms. The van der Waals surface area contributed by atoms with Crippen LogP contribution in [0.15, 0.2) is 54.6 Å². The van der Waals surface area contributed by atoms with Crippen LogP contribution in [0.25, 0.3) is 0 Å². The minimum atomic E-state index is -0.246. The van der Waals surface area contributed by atoms with Crippen LogP contribution >= 0.6 is 0 Å². The lowest BCUT2D eigenvalue weighted by atomic mass is 9.88. The van der Waals surface area contributed by atoms with Gasteiger partial charge in [-0.3, -0.25) is 9.59 Å². The Morgan fingerprint density at radius 1 is 0.963 bits per heavy atom. The van der Waals surface area contributed by atoms with Crippen LogP contribution in [0.1, 0.15) is 42.1 Å². The fraction of sp³-hybridized carbons (Fsp3) is 0.364. The van der Waals surface area contributed by atoms with Gasteiger partial charge < -0.3 is 15.4 Å². The Morgan fingerprint density at radius 3 is 2.30 bits per heavy atom. The van der Waals surface area contributed by atoms with Crippen molar-refractivity contribution in [2.24, 2.45) is 5.92 Å². The van der Waals surface area contributed by atoms with E-state index in [1.807, 2.05) is 18.2 Å². The molecule has 0 fully saturated rings. The van der Waals surface area contributed by atoms with Crippen molar-refractivity contribution in [2.75, 3.05) is 20.2 Å². The maximum atomic E-state index is 12.2. The summed E-state index contributed by atoms with van der Waals surface area (Å²) in [5.41, 5.74) is 1.68. The van der Waals surface area contributed by atoms with Gasteiger partial charge in [0.05, 0.1) is 12.7 Å². The first-order chi connectivity index (χ1) is 13.0. The third-order valence-corrected chi connectivity index (χ3v) is 4.54. The molecule has 5 nitrogen and oxygen atoms in total. The summed E-state index contributed by atoms with van der Waals surface area (Å²) in [7, 11) is 1.53. The molecule has 0 saturated carbocycles. The molecule has 0 radical (unpaired) electrons. The van der Waals surface area contributed by atoms with E-state index in [0.717, 1.165) is 0 Å². The number of nitrogens with one attached hydrogen (secondary N) is 2. The van der Waals surface area contributed by atoms with E-state index < -0.39 is 0 Å². The molecule has 2 amide bonds. The van der Waals surface area contributed by atoms with Gasteiger partial charge >= 0.3 is 0 Å². The lowest BCUT2D eigenvalue weighted by molar-refractivity contribution is -0.121. The van der Waals surface area contributed by atoms with Crippen molar-refractivity contribution in [3.8, 4) is 5.75 Å². The van der Waals surface area contributed by atoms with Crippen LogP contribution in [0.5, 0.6) is 5.75 Å². The van der Waals surface area contributed by atoms with Crippen molar-refractivity contribution in [3.63, 3.8) is 0 Å². The SMILES string of the molecule is COc1ccccc1C(=O)NCCC(=O)NCC(c1ccccc1)C(C)C. The molecule has 0 aliphatic heterocycles. The van der Waals surface area contributed by atoms with E-state index in [2.05, 4.69) is 36.6 Å².